The monoisotopic (exact) mass is 186 g/mol. The molecule has 3 N–H and O–H groups in total. The first-order valence-corrected chi connectivity index (χ1v) is 4.28. The third kappa shape index (κ3) is 2.18. The highest BCUT2D eigenvalue weighted by Gasteiger charge is 2.32. The molecule has 1 heterocycles. The van der Waals surface area contributed by atoms with Gasteiger partial charge in [-0.1, -0.05) is 0 Å². The van der Waals surface area contributed by atoms with Crippen LogP contribution in [0, 0.1) is 5.92 Å². The Morgan fingerprint density at radius 1 is 1.62 bits per heavy atom. The molecule has 0 aliphatic carbocycles. The average molecular weight is 186 g/mol. The Labute approximate surface area is 76.5 Å². The number of primary amides is 1. The van der Waals surface area contributed by atoms with Gasteiger partial charge in [0.1, 0.15) is 0 Å². The van der Waals surface area contributed by atoms with Crippen molar-refractivity contribution < 1.29 is 14.7 Å². The minimum atomic E-state index is -0.792. The van der Waals surface area contributed by atoms with Crippen molar-refractivity contribution in [1.82, 2.24) is 4.90 Å². The number of carbonyl (C=O) groups excluding carboxylic acids is 1. The zero-order valence-corrected chi connectivity index (χ0v) is 7.56. The Morgan fingerprint density at radius 2 is 2.23 bits per heavy atom. The predicted octanol–water partition coefficient (Wildman–Crippen LogP) is -0.733. The number of carbonyl (C=O) groups is 2. The SMILES string of the molecule is CC(C(N)=O)N1CCC(C(=O)O)C1. The highest BCUT2D eigenvalue weighted by atomic mass is 16.4. The largest absolute Gasteiger partial charge is 0.481 e. The van der Waals surface area contributed by atoms with Crippen LogP contribution in [0.4, 0.5) is 0 Å². The van der Waals surface area contributed by atoms with Gasteiger partial charge in [0.05, 0.1) is 12.0 Å². The lowest BCUT2D eigenvalue weighted by molar-refractivity contribution is -0.141. The van der Waals surface area contributed by atoms with Gasteiger partial charge in [-0.15, -0.1) is 0 Å². The van der Waals surface area contributed by atoms with E-state index in [1.165, 1.54) is 0 Å². The van der Waals surface area contributed by atoms with Gasteiger partial charge in [0.2, 0.25) is 5.91 Å². The van der Waals surface area contributed by atoms with E-state index in [9.17, 15) is 9.59 Å². The number of nitrogens with two attached hydrogens (primary N) is 1. The second kappa shape index (κ2) is 3.74. The number of carboxylic acid groups (broad SMARTS) is 1. The first-order chi connectivity index (χ1) is 6.02. The summed E-state index contributed by atoms with van der Waals surface area (Å²) in [7, 11) is 0. The lowest BCUT2D eigenvalue weighted by Gasteiger charge is -2.20. The van der Waals surface area contributed by atoms with E-state index in [2.05, 4.69) is 0 Å². The fraction of sp³-hybridized carbons (Fsp3) is 0.750. The third-order valence-electron chi connectivity index (χ3n) is 2.53. The molecule has 2 atom stereocenters. The van der Waals surface area contributed by atoms with Crippen molar-refractivity contribution >= 4 is 11.9 Å². The summed E-state index contributed by atoms with van der Waals surface area (Å²) in [5, 5.41) is 8.71. The van der Waals surface area contributed by atoms with Gasteiger partial charge in [-0.05, 0) is 19.9 Å². The van der Waals surface area contributed by atoms with Crippen LogP contribution in [0.5, 0.6) is 0 Å². The lowest BCUT2D eigenvalue weighted by Crippen LogP contribution is -2.41. The standard InChI is InChI=1S/C8H14N2O3/c1-5(7(9)11)10-3-2-6(4-10)8(12)13/h5-6H,2-4H2,1H3,(H2,9,11)(H,12,13). The number of amides is 1. The highest BCUT2D eigenvalue weighted by Crippen LogP contribution is 2.18. The maximum atomic E-state index is 10.8. The minimum absolute atomic E-state index is 0.346. The molecule has 0 aromatic heterocycles. The molecule has 1 saturated heterocycles. The molecular weight excluding hydrogens is 172 g/mol. The van der Waals surface area contributed by atoms with Gasteiger partial charge in [-0.3, -0.25) is 14.5 Å². The summed E-state index contributed by atoms with van der Waals surface area (Å²) in [6.07, 6.45) is 0.604. The molecule has 1 rings (SSSR count). The third-order valence-corrected chi connectivity index (χ3v) is 2.53. The number of aliphatic carboxylic acids is 1. The van der Waals surface area contributed by atoms with E-state index in [1.807, 2.05) is 0 Å². The van der Waals surface area contributed by atoms with Crippen LogP contribution < -0.4 is 5.73 Å². The van der Waals surface area contributed by atoms with Crippen LogP contribution in [-0.2, 0) is 9.59 Å². The molecule has 1 fully saturated rings. The first kappa shape index (κ1) is 9.98. The second-order valence-corrected chi connectivity index (χ2v) is 3.40. The fourth-order valence-corrected chi connectivity index (χ4v) is 1.52. The van der Waals surface area contributed by atoms with E-state index >= 15 is 0 Å². The van der Waals surface area contributed by atoms with E-state index in [-0.39, 0.29) is 12.0 Å². The van der Waals surface area contributed by atoms with Crippen LogP contribution in [0.25, 0.3) is 0 Å². The van der Waals surface area contributed by atoms with E-state index in [0.29, 0.717) is 19.5 Å². The molecule has 0 aromatic carbocycles. The topological polar surface area (TPSA) is 83.6 Å². The molecule has 0 radical (unpaired) electrons. The van der Waals surface area contributed by atoms with Gasteiger partial charge in [0, 0.05) is 6.54 Å². The van der Waals surface area contributed by atoms with Crippen molar-refractivity contribution in [3.8, 4) is 0 Å². The molecule has 0 spiro atoms. The predicted molar refractivity (Wildman–Crippen MR) is 46.0 cm³/mol. The van der Waals surface area contributed by atoms with Gasteiger partial charge in [-0.2, -0.15) is 0 Å². The van der Waals surface area contributed by atoms with Crippen LogP contribution in [0.15, 0.2) is 0 Å². The van der Waals surface area contributed by atoms with Crippen LogP contribution in [0.3, 0.4) is 0 Å². The van der Waals surface area contributed by atoms with E-state index < -0.39 is 11.9 Å². The van der Waals surface area contributed by atoms with E-state index in [0.717, 1.165) is 0 Å². The normalized spacial score (nSPS) is 25.8. The molecule has 5 nitrogen and oxygen atoms in total. The minimum Gasteiger partial charge on any atom is -0.481 e. The molecule has 0 aromatic rings. The Hall–Kier alpha value is -1.10. The van der Waals surface area contributed by atoms with E-state index in [4.69, 9.17) is 10.8 Å². The summed E-state index contributed by atoms with van der Waals surface area (Å²) in [5.74, 6) is -1.54. The number of nitrogens with zero attached hydrogens (tertiary/aromatic N) is 1. The zero-order chi connectivity index (χ0) is 10.0. The van der Waals surface area contributed by atoms with Crippen molar-refractivity contribution in [2.75, 3.05) is 13.1 Å². The Kier molecular flexibility index (Phi) is 2.87. The fourth-order valence-electron chi connectivity index (χ4n) is 1.52. The summed E-state index contributed by atoms with van der Waals surface area (Å²) in [6, 6.07) is -0.357. The van der Waals surface area contributed by atoms with Crippen molar-refractivity contribution in [2.24, 2.45) is 11.7 Å². The summed E-state index contributed by atoms with van der Waals surface area (Å²) < 4.78 is 0. The molecule has 1 aliphatic heterocycles. The van der Waals surface area contributed by atoms with Gasteiger partial charge in [-0.25, -0.2) is 0 Å². The highest BCUT2D eigenvalue weighted by molar-refractivity contribution is 5.79. The van der Waals surface area contributed by atoms with Crippen LogP contribution in [0.1, 0.15) is 13.3 Å². The molecule has 5 heteroatoms. The molecular formula is C8H14N2O3. The number of rotatable bonds is 3. The van der Waals surface area contributed by atoms with Crippen molar-refractivity contribution in [3.63, 3.8) is 0 Å². The van der Waals surface area contributed by atoms with Crippen molar-refractivity contribution in [3.05, 3.63) is 0 Å². The maximum Gasteiger partial charge on any atom is 0.307 e. The number of hydrogen-bond donors (Lipinski definition) is 2. The molecule has 1 amide bonds. The van der Waals surface area contributed by atoms with Crippen LogP contribution >= 0.6 is 0 Å². The van der Waals surface area contributed by atoms with Gasteiger partial charge >= 0.3 is 5.97 Å². The number of likely N-dealkylation sites (tertiary alicyclic amines) is 1. The molecule has 1 aliphatic rings. The number of hydrogen-bond acceptors (Lipinski definition) is 3. The Bertz CT molecular complexity index is 229. The van der Waals surface area contributed by atoms with Gasteiger partial charge in [0.15, 0.2) is 0 Å². The number of carboxylic acids is 1. The van der Waals surface area contributed by atoms with Crippen LogP contribution in [0.2, 0.25) is 0 Å². The summed E-state index contributed by atoms with van der Waals surface area (Å²) >= 11 is 0. The summed E-state index contributed by atoms with van der Waals surface area (Å²) in [5.41, 5.74) is 5.11. The Balaban J connectivity index is 2.49. The zero-order valence-electron chi connectivity index (χ0n) is 7.56. The first-order valence-electron chi connectivity index (χ1n) is 4.28. The molecule has 74 valence electrons. The smallest absolute Gasteiger partial charge is 0.307 e. The summed E-state index contributed by atoms with van der Waals surface area (Å²) in [6.45, 7) is 2.77. The molecule has 0 bridgehead atoms. The maximum absolute atomic E-state index is 10.8. The van der Waals surface area contributed by atoms with Gasteiger partial charge < -0.3 is 10.8 Å². The van der Waals surface area contributed by atoms with Crippen molar-refractivity contribution in [2.45, 2.75) is 19.4 Å². The molecule has 0 saturated carbocycles. The Morgan fingerprint density at radius 3 is 2.62 bits per heavy atom. The average Bonchev–Trinajstić information content (AvgIpc) is 2.50. The van der Waals surface area contributed by atoms with Gasteiger partial charge in [0.25, 0.3) is 0 Å². The quantitative estimate of drug-likeness (QED) is 0.608. The lowest BCUT2D eigenvalue weighted by atomic mass is 10.1. The second-order valence-electron chi connectivity index (χ2n) is 3.40. The van der Waals surface area contributed by atoms with E-state index in [1.54, 1.807) is 11.8 Å². The molecule has 2 unspecified atom stereocenters. The van der Waals surface area contributed by atoms with Crippen molar-refractivity contribution in [1.29, 1.82) is 0 Å². The van der Waals surface area contributed by atoms with Crippen LogP contribution in [-0.4, -0.2) is 41.0 Å². The summed E-state index contributed by atoms with van der Waals surface area (Å²) in [4.78, 5) is 23.2. The molecule has 13 heavy (non-hydrogen) atoms.